The van der Waals surface area contributed by atoms with E-state index in [2.05, 4.69) is 0 Å². The van der Waals surface area contributed by atoms with Crippen molar-refractivity contribution in [3.8, 4) is 0 Å². The van der Waals surface area contributed by atoms with Gasteiger partial charge in [0.05, 0.1) is 6.61 Å². The summed E-state index contributed by atoms with van der Waals surface area (Å²) in [5.74, 6) is -0.478. The summed E-state index contributed by atoms with van der Waals surface area (Å²) in [6.45, 7) is -0.181. The Bertz CT molecular complexity index is 472. The van der Waals surface area contributed by atoms with Crippen LogP contribution in [0.1, 0.15) is 10.4 Å². The van der Waals surface area contributed by atoms with E-state index in [0.717, 1.165) is 5.39 Å². The summed E-state index contributed by atoms with van der Waals surface area (Å²) in [5, 5.41) is 9.25. The summed E-state index contributed by atoms with van der Waals surface area (Å²) in [6.07, 6.45) is 1.37. The van der Waals surface area contributed by atoms with Crippen LogP contribution in [-0.4, -0.2) is 24.3 Å². The average Bonchev–Trinajstić information content (AvgIpc) is 2.69. The molecule has 0 atom stereocenters. The smallest absolute Gasteiger partial charge is 0.342 e. The van der Waals surface area contributed by atoms with Crippen LogP contribution in [0.5, 0.6) is 0 Å². The van der Waals surface area contributed by atoms with Gasteiger partial charge in [-0.05, 0) is 6.07 Å². The number of furan rings is 1. The van der Waals surface area contributed by atoms with Gasteiger partial charge in [0, 0.05) is 5.39 Å². The number of esters is 1. The number of carbonyl (C=O) groups is 1. The molecular formula is C11H10O4. The van der Waals surface area contributed by atoms with E-state index < -0.39 is 5.97 Å². The lowest BCUT2D eigenvalue weighted by Gasteiger charge is -1.99. The number of rotatable bonds is 3. The second kappa shape index (κ2) is 4.14. The maximum absolute atomic E-state index is 11.5. The first kappa shape index (κ1) is 9.73. The maximum atomic E-state index is 11.5. The Morgan fingerprint density at radius 2 is 2.20 bits per heavy atom. The minimum atomic E-state index is -0.478. The highest BCUT2D eigenvalue weighted by atomic mass is 16.5. The van der Waals surface area contributed by atoms with E-state index >= 15 is 0 Å². The molecule has 0 saturated carbocycles. The van der Waals surface area contributed by atoms with E-state index in [1.165, 1.54) is 6.26 Å². The fourth-order valence-electron chi connectivity index (χ4n) is 1.35. The number of para-hydroxylation sites is 1. The van der Waals surface area contributed by atoms with Gasteiger partial charge in [0.2, 0.25) is 0 Å². The lowest BCUT2D eigenvalue weighted by Crippen LogP contribution is -2.07. The van der Waals surface area contributed by atoms with Crippen LogP contribution in [-0.2, 0) is 4.74 Å². The van der Waals surface area contributed by atoms with Crippen molar-refractivity contribution in [2.75, 3.05) is 13.2 Å². The molecule has 15 heavy (non-hydrogen) atoms. The van der Waals surface area contributed by atoms with Crippen LogP contribution in [0.15, 0.2) is 34.9 Å². The fraction of sp³-hybridized carbons (Fsp3) is 0.182. The predicted octanol–water partition coefficient (Wildman–Crippen LogP) is 1.58. The van der Waals surface area contributed by atoms with Crippen LogP contribution in [0.2, 0.25) is 0 Å². The highest BCUT2D eigenvalue weighted by molar-refractivity contribution is 6.03. The highest BCUT2D eigenvalue weighted by Gasteiger charge is 2.13. The van der Waals surface area contributed by atoms with Crippen LogP contribution in [0, 0.1) is 0 Å². The number of aliphatic hydroxyl groups excluding tert-OH is 1. The monoisotopic (exact) mass is 206 g/mol. The number of aliphatic hydroxyl groups is 1. The largest absolute Gasteiger partial charge is 0.463 e. The predicted molar refractivity (Wildman–Crippen MR) is 53.6 cm³/mol. The number of carbonyl (C=O) groups excluding carboxylic acids is 1. The van der Waals surface area contributed by atoms with E-state index in [1.807, 2.05) is 12.1 Å². The molecule has 0 radical (unpaired) electrons. The van der Waals surface area contributed by atoms with E-state index in [4.69, 9.17) is 14.3 Å². The third-order valence-corrected chi connectivity index (χ3v) is 2.03. The standard InChI is InChI=1S/C11H10O4/c12-5-6-14-11(13)9-7-15-10-4-2-1-3-8(9)10/h1-4,7,12H,5-6H2. The first-order valence-electron chi connectivity index (χ1n) is 4.57. The summed E-state index contributed by atoms with van der Waals surface area (Å²) in [6, 6.07) is 7.21. The van der Waals surface area contributed by atoms with Crippen molar-refractivity contribution in [1.29, 1.82) is 0 Å². The topological polar surface area (TPSA) is 59.7 Å². The minimum Gasteiger partial charge on any atom is -0.463 e. The molecule has 4 nitrogen and oxygen atoms in total. The van der Waals surface area contributed by atoms with Crippen molar-refractivity contribution < 1.29 is 19.1 Å². The van der Waals surface area contributed by atoms with Gasteiger partial charge in [-0.15, -0.1) is 0 Å². The molecule has 2 aromatic rings. The van der Waals surface area contributed by atoms with Crippen LogP contribution in [0.25, 0.3) is 11.0 Å². The first-order chi connectivity index (χ1) is 7.33. The molecule has 0 unspecified atom stereocenters. The molecule has 0 fully saturated rings. The van der Waals surface area contributed by atoms with Crippen LogP contribution in [0.3, 0.4) is 0 Å². The lowest BCUT2D eigenvalue weighted by molar-refractivity contribution is 0.0435. The lowest BCUT2D eigenvalue weighted by atomic mass is 10.2. The normalized spacial score (nSPS) is 10.5. The zero-order valence-electron chi connectivity index (χ0n) is 7.97. The summed E-state index contributed by atoms with van der Waals surface area (Å²) in [7, 11) is 0. The van der Waals surface area contributed by atoms with Gasteiger partial charge < -0.3 is 14.3 Å². The summed E-state index contributed by atoms with van der Waals surface area (Å²) in [4.78, 5) is 11.5. The first-order valence-corrected chi connectivity index (χ1v) is 4.57. The molecule has 1 N–H and O–H groups in total. The maximum Gasteiger partial charge on any atom is 0.342 e. The fourth-order valence-corrected chi connectivity index (χ4v) is 1.35. The second-order valence-corrected chi connectivity index (χ2v) is 3.01. The molecule has 4 heteroatoms. The zero-order chi connectivity index (χ0) is 10.7. The summed E-state index contributed by atoms with van der Waals surface area (Å²) < 4.78 is 9.98. The molecule has 1 aromatic heterocycles. The van der Waals surface area contributed by atoms with E-state index in [0.29, 0.717) is 11.1 Å². The van der Waals surface area contributed by atoms with Gasteiger partial charge in [-0.1, -0.05) is 18.2 Å². The van der Waals surface area contributed by atoms with Crippen molar-refractivity contribution in [2.24, 2.45) is 0 Å². The third kappa shape index (κ3) is 1.85. The van der Waals surface area contributed by atoms with Gasteiger partial charge in [-0.25, -0.2) is 4.79 Å². The van der Waals surface area contributed by atoms with Crippen molar-refractivity contribution in [3.05, 3.63) is 36.1 Å². The minimum absolute atomic E-state index is 0.00165. The van der Waals surface area contributed by atoms with Gasteiger partial charge in [0.15, 0.2) is 0 Å². The van der Waals surface area contributed by atoms with Crippen LogP contribution >= 0.6 is 0 Å². The molecule has 0 spiro atoms. The molecule has 1 heterocycles. The Balaban J connectivity index is 2.31. The van der Waals surface area contributed by atoms with Crippen molar-refractivity contribution in [2.45, 2.75) is 0 Å². The van der Waals surface area contributed by atoms with E-state index in [-0.39, 0.29) is 13.2 Å². The molecule has 0 bridgehead atoms. The van der Waals surface area contributed by atoms with Gasteiger partial charge in [-0.3, -0.25) is 0 Å². The second-order valence-electron chi connectivity index (χ2n) is 3.01. The van der Waals surface area contributed by atoms with Crippen LogP contribution < -0.4 is 0 Å². The molecule has 0 amide bonds. The quantitative estimate of drug-likeness (QED) is 0.774. The molecule has 2 rings (SSSR count). The third-order valence-electron chi connectivity index (χ3n) is 2.03. The number of hydrogen-bond acceptors (Lipinski definition) is 4. The summed E-state index contributed by atoms with van der Waals surface area (Å²) >= 11 is 0. The van der Waals surface area contributed by atoms with E-state index in [1.54, 1.807) is 12.1 Å². The van der Waals surface area contributed by atoms with Gasteiger partial charge in [0.25, 0.3) is 0 Å². The van der Waals surface area contributed by atoms with Crippen molar-refractivity contribution >= 4 is 16.9 Å². The Morgan fingerprint density at radius 3 is 3.00 bits per heavy atom. The molecule has 0 aliphatic rings. The number of hydrogen-bond donors (Lipinski definition) is 1. The molecule has 0 aliphatic carbocycles. The number of ether oxygens (including phenoxy) is 1. The molecular weight excluding hydrogens is 196 g/mol. The number of benzene rings is 1. The van der Waals surface area contributed by atoms with E-state index in [9.17, 15) is 4.79 Å². The molecule has 78 valence electrons. The van der Waals surface area contributed by atoms with Crippen molar-refractivity contribution in [1.82, 2.24) is 0 Å². The Morgan fingerprint density at radius 1 is 1.40 bits per heavy atom. The van der Waals surface area contributed by atoms with Gasteiger partial charge in [-0.2, -0.15) is 0 Å². The zero-order valence-corrected chi connectivity index (χ0v) is 7.97. The molecule has 0 saturated heterocycles. The molecule has 1 aromatic carbocycles. The van der Waals surface area contributed by atoms with Crippen molar-refractivity contribution in [3.63, 3.8) is 0 Å². The average molecular weight is 206 g/mol. The summed E-state index contributed by atoms with van der Waals surface area (Å²) in [5.41, 5.74) is 1.03. The Hall–Kier alpha value is -1.81. The molecule has 0 aliphatic heterocycles. The SMILES string of the molecule is O=C(OCCO)c1coc2ccccc12. The van der Waals surface area contributed by atoms with Gasteiger partial charge >= 0.3 is 5.97 Å². The van der Waals surface area contributed by atoms with Gasteiger partial charge in [0.1, 0.15) is 24.0 Å². The van der Waals surface area contributed by atoms with Crippen LogP contribution in [0.4, 0.5) is 0 Å². The highest BCUT2D eigenvalue weighted by Crippen LogP contribution is 2.21. The Kier molecular flexibility index (Phi) is 2.69. The Labute approximate surface area is 86.1 Å². The number of fused-ring (bicyclic) bond motifs is 1.